The average molecular weight is 495 g/mol. The largest absolute Gasteiger partial charge is 0.461 e. The minimum atomic E-state index is -0.375. The number of hydrogen-bond donors (Lipinski definition) is 2. The second-order valence-corrected chi connectivity index (χ2v) is 12.9. The molecule has 4 nitrogen and oxygen atoms in total. The monoisotopic (exact) mass is 494 g/mol. The van der Waals surface area contributed by atoms with Crippen LogP contribution < -0.4 is 0 Å². The summed E-state index contributed by atoms with van der Waals surface area (Å²) in [6.45, 7) is 7.39. The Morgan fingerprint density at radius 3 is 2.50 bits per heavy atom. The maximum atomic E-state index is 12.4. The Bertz CT molecular complexity index is 956. The van der Waals surface area contributed by atoms with Crippen LogP contribution in [0.5, 0.6) is 0 Å². The summed E-state index contributed by atoms with van der Waals surface area (Å²) >= 11 is 0. The van der Waals surface area contributed by atoms with E-state index in [4.69, 9.17) is 4.74 Å². The summed E-state index contributed by atoms with van der Waals surface area (Å²) in [5.74, 6) is 2.24. The molecule has 0 spiro atoms. The van der Waals surface area contributed by atoms with Crippen LogP contribution in [0.25, 0.3) is 0 Å². The van der Waals surface area contributed by atoms with Gasteiger partial charge in [-0.05, 0) is 116 Å². The molecule has 9 atom stereocenters. The van der Waals surface area contributed by atoms with E-state index in [0.717, 1.165) is 37.7 Å². The van der Waals surface area contributed by atoms with Crippen LogP contribution in [-0.2, 0) is 16.1 Å². The van der Waals surface area contributed by atoms with Gasteiger partial charge in [-0.25, -0.2) is 0 Å². The Kier molecular flexibility index (Phi) is 7.40. The number of aliphatic hydroxyl groups is 2. The molecule has 0 aromatic heterocycles. The third-order valence-electron chi connectivity index (χ3n) is 11.3. The molecule has 0 saturated heterocycles. The number of carbonyl (C=O) groups is 1. The smallest absolute Gasteiger partial charge is 0.306 e. The van der Waals surface area contributed by atoms with Crippen LogP contribution in [0.3, 0.4) is 0 Å². The van der Waals surface area contributed by atoms with Crippen molar-refractivity contribution in [1.82, 2.24) is 0 Å². The number of carbonyl (C=O) groups excluding carboxylic acids is 1. The number of fused-ring (bicyclic) bond motifs is 5. The van der Waals surface area contributed by atoms with E-state index in [9.17, 15) is 15.0 Å². The van der Waals surface area contributed by atoms with Gasteiger partial charge >= 0.3 is 5.97 Å². The summed E-state index contributed by atoms with van der Waals surface area (Å²) in [4.78, 5) is 12.4. The van der Waals surface area contributed by atoms with Crippen molar-refractivity contribution in [2.75, 3.05) is 0 Å². The predicted molar refractivity (Wildman–Crippen MR) is 142 cm³/mol. The van der Waals surface area contributed by atoms with Gasteiger partial charge in [-0.3, -0.25) is 4.79 Å². The van der Waals surface area contributed by atoms with Crippen molar-refractivity contribution >= 4 is 5.97 Å². The number of allylic oxidation sites excluding steroid dienone is 1. The Balaban J connectivity index is 1.23. The highest BCUT2D eigenvalue weighted by atomic mass is 16.5. The first kappa shape index (κ1) is 26.0. The number of ether oxygens (including phenoxy) is 1. The summed E-state index contributed by atoms with van der Waals surface area (Å²) in [6.07, 6.45) is 11.6. The Morgan fingerprint density at radius 1 is 1.03 bits per heavy atom. The van der Waals surface area contributed by atoms with Crippen LogP contribution >= 0.6 is 0 Å². The average Bonchev–Trinajstić information content (AvgIpc) is 3.21. The molecular formula is C32H46O4. The van der Waals surface area contributed by atoms with Gasteiger partial charge in [0.25, 0.3) is 0 Å². The van der Waals surface area contributed by atoms with Crippen LogP contribution in [0.4, 0.5) is 0 Å². The molecule has 1 aromatic rings. The first-order valence-corrected chi connectivity index (χ1v) is 14.5. The van der Waals surface area contributed by atoms with Crippen molar-refractivity contribution in [3.8, 4) is 0 Å². The van der Waals surface area contributed by atoms with Gasteiger partial charge in [0.1, 0.15) is 6.61 Å². The number of benzene rings is 1. The first-order valence-electron chi connectivity index (χ1n) is 14.5. The van der Waals surface area contributed by atoms with Crippen molar-refractivity contribution in [2.24, 2.45) is 40.4 Å². The van der Waals surface area contributed by atoms with E-state index in [-0.39, 0.29) is 29.0 Å². The standard InChI is InChI=1S/C32H46O4/c1-4-24-27-19-23(33)15-17-32(27,3)26-16-18-31(2)22(13-14-25(31)29(26)30(24)35)11-8-12-28(34)36-20-21-9-6-5-7-10-21/h4-7,9-10,22-23,25-27,29-30,33,35H,8,11-20H2,1-3H3/b24-4+/t22-,23+,25?,26?,27?,29?,30+,31+,32+/m0/s1. The lowest BCUT2D eigenvalue weighted by Crippen LogP contribution is -2.59. The molecule has 4 heteroatoms. The van der Waals surface area contributed by atoms with Gasteiger partial charge in [0.2, 0.25) is 0 Å². The molecule has 0 radical (unpaired) electrons. The zero-order valence-corrected chi connectivity index (χ0v) is 22.5. The van der Waals surface area contributed by atoms with Gasteiger partial charge in [-0.15, -0.1) is 0 Å². The van der Waals surface area contributed by atoms with Crippen molar-refractivity contribution in [1.29, 1.82) is 0 Å². The van der Waals surface area contributed by atoms with E-state index in [1.165, 1.54) is 31.3 Å². The topological polar surface area (TPSA) is 66.8 Å². The Labute approximate surface area is 217 Å². The third kappa shape index (κ3) is 4.47. The van der Waals surface area contributed by atoms with Crippen molar-refractivity contribution in [3.05, 3.63) is 47.5 Å². The van der Waals surface area contributed by atoms with E-state index < -0.39 is 0 Å². The van der Waals surface area contributed by atoms with Gasteiger partial charge in [0.15, 0.2) is 0 Å². The second kappa shape index (κ2) is 10.3. The highest BCUT2D eigenvalue weighted by molar-refractivity contribution is 5.69. The minimum Gasteiger partial charge on any atom is -0.461 e. The molecule has 0 heterocycles. The molecule has 1 aromatic carbocycles. The van der Waals surface area contributed by atoms with E-state index in [1.807, 2.05) is 30.3 Å². The molecule has 5 rings (SSSR count). The SMILES string of the molecule is C/C=C1\C2C[C@H](O)CC[C@]2(C)C2CC[C@@]3(C)C(CC[C@@H]3CCCC(=O)OCc3ccccc3)C2[C@@H]1O. The molecule has 4 saturated carbocycles. The molecule has 198 valence electrons. The lowest BCUT2D eigenvalue weighted by Gasteiger charge is -2.63. The molecule has 0 amide bonds. The molecular weight excluding hydrogens is 448 g/mol. The van der Waals surface area contributed by atoms with Gasteiger partial charge in [0.05, 0.1) is 12.2 Å². The van der Waals surface area contributed by atoms with E-state index in [2.05, 4.69) is 26.8 Å². The molecule has 0 aliphatic heterocycles. The highest BCUT2D eigenvalue weighted by Gasteiger charge is 2.63. The van der Waals surface area contributed by atoms with Crippen molar-refractivity contribution in [3.63, 3.8) is 0 Å². The van der Waals surface area contributed by atoms with E-state index >= 15 is 0 Å². The molecule has 4 aliphatic carbocycles. The van der Waals surface area contributed by atoms with Crippen LogP contribution in [0.1, 0.15) is 90.5 Å². The van der Waals surface area contributed by atoms with Gasteiger partial charge in [-0.2, -0.15) is 0 Å². The van der Waals surface area contributed by atoms with Crippen molar-refractivity contribution < 1.29 is 19.7 Å². The van der Waals surface area contributed by atoms with Crippen LogP contribution in [0.15, 0.2) is 42.0 Å². The predicted octanol–water partition coefficient (Wildman–Crippen LogP) is 6.45. The highest BCUT2D eigenvalue weighted by Crippen LogP contribution is 2.68. The first-order chi connectivity index (χ1) is 17.3. The fraction of sp³-hybridized carbons (Fsp3) is 0.719. The molecule has 4 aliphatic rings. The number of esters is 1. The summed E-state index contributed by atoms with van der Waals surface area (Å²) in [6, 6.07) is 9.88. The number of hydrogen-bond acceptors (Lipinski definition) is 4. The quantitative estimate of drug-likeness (QED) is 0.352. The van der Waals surface area contributed by atoms with E-state index in [0.29, 0.717) is 42.6 Å². The molecule has 4 fully saturated rings. The second-order valence-electron chi connectivity index (χ2n) is 12.9. The zero-order valence-electron chi connectivity index (χ0n) is 22.5. The van der Waals surface area contributed by atoms with Crippen LogP contribution in [0, 0.1) is 40.4 Å². The fourth-order valence-corrected chi connectivity index (χ4v) is 9.36. The summed E-state index contributed by atoms with van der Waals surface area (Å²) in [5, 5.41) is 22.2. The number of aliphatic hydroxyl groups excluding tert-OH is 2. The zero-order chi connectivity index (χ0) is 25.5. The molecule has 36 heavy (non-hydrogen) atoms. The fourth-order valence-electron chi connectivity index (χ4n) is 9.36. The minimum absolute atomic E-state index is 0.0962. The maximum absolute atomic E-state index is 12.4. The normalized spacial score (nSPS) is 42.9. The van der Waals surface area contributed by atoms with Crippen molar-refractivity contribution in [2.45, 2.75) is 104 Å². The summed E-state index contributed by atoms with van der Waals surface area (Å²) in [5.41, 5.74) is 2.66. The van der Waals surface area contributed by atoms with Gasteiger partial charge < -0.3 is 14.9 Å². The summed E-state index contributed by atoms with van der Waals surface area (Å²) in [7, 11) is 0. The van der Waals surface area contributed by atoms with E-state index in [1.54, 1.807) is 0 Å². The molecule has 2 N–H and O–H groups in total. The molecule has 4 unspecified atom stereocenters. The van der Waals surface area contributed by atoms with Crippen LogP contribution in [0.2, 0.25) is 0 Å². The molecule has 0 bridgehead atoms. The summed E-state index contributed by atoms with van der Waals surface area (Å²) < 4.78 is 5.51. The van der Waals surface area contributed by atoms with Gasteiger partial charge in [-0.1, -0.05) is 50.3 Å². The third-order valence-corrected chi connectivity index (χ3v) is 11.3. The van der Waals surface area contributed by atoms with Crippen LogP contribution in [-0.4, -0.2) is 28.4 Å². The Morgan fingerprint density at radius 2 is 1.75 bits per heavy atom. The lowest BCUT2D eigenvalue weighted by molar-refractivity contribution is -0.146. The van der Waals surface area contributed by atoms with Gasteiger partial charge in [0, 0.05) is 6.42 Å². The lowest BCUT2D eigenvalue weighted by atomic mass is 9.43. The maximum Gasteiger partial charge on any atom is 0.306 e. The Hall–Kier alpha value is -1.65. The number of rotatable bonds is 6.